The van der Waals surface area contributed by atoms with Crippen LogP contribution in [0.15, 0.2) is 36.4 Å². The Balaban J connectivity index is 2.04. The van der Waals surface area contributed by atoms with Gasteiger partial charge in [-0.05, 0) is 30.9 Å². The van der Waals surface area contributed by atoms with Crippen LogP contribution in [0.2, 0.25) is 15.1 Å². The third-order valence-electron chi connectivity index (χ3n) is 3.64. The standard InChI is InChI=1S/C19H15Cl3O6/c20-12-10-13(21)16(28-19(26)17(23)24)14(15(12)22)18(25)27-9-5-4-8-11-6-2-1-3-7-11/h1-3,6-7,10H,4-5,8-9H2,(H,23,24). The summed E-state index contributed by atoms with van der Waals surface area (Å²) >= 11 is 17.9. The van der Waals surface area contributed by atoms with Gasteiger partial charge >= 0.3 is 17.9 Å². The van der Waals surface area contributed by atoms with Gasteiger partial charge in [0.1, 0.15) is 5.56 Å². The molecule has 0 fully saturated rings. The highest BCUT2D eigenvalue weighted by molar-refractivity contribution is 6.46. The molecule has 2 aromatic rings. The minimum absolute atomic E-state index is 0.0715. The Labute approximate surface area is 175 Å². The fourth-order valence-corrected chi connectivity index (χ4v) is 3.03. The number of ether oxygens (including phenoxy) is 2. The molecule has 148 valence electrons. The summed E-state index contributed by atoms with van der Waals surface area (Å²) in [5, 5.41) is 8.11. The molecule has 0 radical (unpaired) electrons. The van der Waals surface area contributed by atoms with Crippen molar-refractivity contribution in [1.82, 2.24) is 0 Å². The van der Waals surface area contributed by atoms with Gasteiger partial charge in [0.2, 0.25) is 0 Å². The Hall–Kier alpha value is -2.28. The van der Waals surface area contributed by atoms with Gasteiger partial charge in [-0.1, -0.05) is 65.1 Å². The zero-order valence-corrected chi connectivity index (χ0v) is 16.7. The molecule has 0 aliphatic carbocycles. The molecule has 2 aromatic carbocycles. The number of carbonyl (C=O) groups excluding carboxylic acids is 2. The molecule has 9 heteroatoms. The molecule has 0 saturated heterocycles. The number of carboxylic acids is 1. The lowest BCUT2D eigenvalue weighted by Gasteiger charge is -2.13. The molecule has 28 heavy (non-hydrogen) atoms. The average molecular weight is 446 g/mol. The van der Waals surface area contributed by atoms with Crippen LogP contribution in [-0.2, 0) is 20.7 Å². The first-order valence-corrected chi connectivity index (χ1v) is 9.28. The maximum absolute atomic E-state index is 12.4. The van der Waals surface area contributed by atoms with E-state index in [9.17, 15) is 14.4 Å². The smallest absolute Gasteiger partial charge is 0.422 e. The lowest BCUT2D eigenvalue weighted by molar-refractivity contribution is -0.158. The van der Waals surface area contributed by atoms with E-state index in [0.29, 0.717) is 6.42 Å². The maximum Gasteiger partial charge on any atom is 0.422 e. The second kappa shape index (κ2) is 10.3. The largest absolute Gasteiger partial charge is 0.473 e. The molecule has 0 saturated carbocycles. The first-order chi connectivity index (χ1) is 13.3. The van der Waals surface area contributed by atoms with Gasteiger partial charge in [0.15, 0.2) is 5.75 Å². The van der Waals surface area contributed by atoms with Gasteiger partial charge in [-0.25, -0.2) is 14.4 Å². The van der Waals surface area contributed by atoms with Crippen LogP contribution in [0.1, 0.15) is 28.8 Å². The van der Waals surface area contributed by atoms with Gasteiger partial charge in [-0.3, -0.25) is 0 Å². The number of hydrogen-bond donors (Lipinski definition) is 1. The molecule has 0 bridgehead atoms. The monoisotopic (exact) mass is 444 g/mol. The Morgan fingerprint density at radius 1 is 0.964 bits per heavy atom. The van der Waals surface area contributed by atoms with E-state index in [-0.39, 0.29) is 21.7 Å². The summed E-state index contributed by atoms with van der Waals surface area (Å²) in [5.41, 5.74) is 0.762. The molecule has 0 aliphatic heterocycles. The van der Waals surface area contributed by atoms with E-state index in [2.05, 4.69) is 4.74 Å². The molecular weight excluding hydrogens is 431 g/mol. The highest BCUT2D eigenvalue weighted by atomic mass is 35.5. The average Bonchev–Trinajstić information content (AvgIpc) is 2.66. The number of hydrogen-bond acceptors (Lipinski definition) is 5. The van der Waals surface area contributed by atoms with Crippen LogP contribution in [0.25, 0.3) is 0 Å². The lowest BCUT2D eigenvalue weighted by atomic mass is 10.1. The molecule has 0 atom stereocenters. The number of aryl methyl sites for hydroxylation is 1. The number of halogens is 3. The molecule has 0 unspecified atom stereocenters. The van der Waals surface area contributed by atoms with E-state index in [1.807, 2.05) is 30.3 Å². The van der Waals surface area contributed by atoms with E-state index in [4.69, 9.17) is 44.6 Å². The third kappa shape index (κ3) is 5.86. The Kier molecular flexibility index (Phi) is 8.11. The number of aliphatic carboxylic acids is 1. The van der Waals surface area contributed by atoms with Gasteiger partial charge in [0.25, 0.3) is 0 Å². The second-order valence-electron chi connectivity index (χ2n) is 5.63. The van der Waals surface area contributed by atoms with Crippen LogP contribution >= 0.6 is 34.8 Å². The van der Waals surface area contributed by atoms with Crippen LogP contribution in [-0.4, -0.2) is 29.6 Å². The number of esters is 2. The molecule has 0 aromatic heterocycles. The highest BCUT2D eigenvalue weighted by Crippen LogP contribution is 2.39. The summed E-state index contributed by atoms with van der Waals surface area (Å²) in [6, 6.07) is 11.0. The summed E-state index contributed by atoms with van der Waals surface area (Å²) in [7, 11) is 0. The summed E-state index contributed by atoms with van der Waals surface area (Å²) in [6.45, 7) is 0.0818. The van der Waals surface area contributed by atoms with E-state index in [1.165, 1.54) is 5.56 Å². The van der Waals surface area contributed by atoms with Gasteiger partial charge in [-0.15, -0.1) is 0 Å². The molecule has 1 N–H and O–H groups in total. The summed E-state index contributed by atoms with van der Waals surface area (Å²) < 4.78 is 9.83. The van der Waals surface area contributed by atoms with Crippen molar-refractivity contribution in [3.05, 3.63) is 62.6 Å². The molecule has 0 amide bonds. The van der Waals surface area contributed by atoms with Crippen LogP contribution in [0.5, 0.6) is 5.75 Å². The van der Waals surface area contributed by atoms with Crippen molar-refractivity contribution in [1.29, 1.82) is 0 Å². The normalized spacial score (nSPS) is 10.4. The van der Waals surface area contributed by atoms with Crippen LogP contribution in [0.4, 0.5) is 0 Å². The predicted octanol–water partition coefficient (Wildman–Crippen LogP) is 4.82. The molecule has 0 aliphatic rings. The first-order valence-electron chi connectivity index (χ1n) is 8.15. The van der Waals surface area contributed by atoms with Crippen molar-refractivity contribution in [2.75, 3.05) is 6.61 Å². The predicted molar refractivity (Wildman–Crippen MR) is 104 cm³/mol. The zero-order valence-electron chi connectivity index (χ0n) is 14.4. The molecule has 6 nitrogen and oxygen atoms in total. The fraction of sp³-hybridized carbons (Fsp3) is 0.211. The molecule has 0 spiro atoms. The Morgan fingerprint density at radius 2 is 1.64 bits per heavy atom. The number of rotatable bonds is 7. The Bertz CT molecular complexity index is 883. The van der Waals surface area contributed by atoms with Crippen molar-refractivity contribution < 1.29 is 29.0 Å². The summed E-state index contributed by atoms with van der Waals surface area (Å²) in [4.78, 5) is 34.5. The first kappa shape index (κ1) is 22.0. The number of unbranched alkanes of at least 4 members (excludes halogenated alkanes) is 1. The van der Waals surface area contributed by atoms with Gasteiger partial charge in [0.05, 0.1) is 21.7 Å². The van der Waals surface area contributed by atoms with Crippen molar-refractivity contribution in [2.24, 2.45) is 0 Å². The molecule has 0 heterocycles. The molecule has 2 rings (SSSR count). The maximum atomic E-state index is 12.4. The number of carboxylic acid groups (broad SMARTS) is 1. The minimum atomic E-state index is -1.86. The topological polar surface area (TPSA) is 89.9 Å². The van der Waals surface area contributed by atoms with Crippen LogP contribution < -0.4 is 4.74 Å². The van der Waals surface area contributed by atoms with Crippen molar-refractivity contribution in [3.63, 3.8) is 0 Å². The molecular formula is C19H15Cl3O6. The van der Waals surface area contributed by atoms with E-state index >= 15 is 0 Å². The lowest BCUT2D eigenvalue weighted by Crippen LogP contribution is -2.21. The van der Waals surface area contributed by atoms with Crippen LogP contribution in [0.3, 0.4) is 0 Å². The Morgan fingerprint density at radius 3 is 2.29 bits per heavy atom. The van der Waals surface area contributed by atoms with Crippen LogP contribution in [0, 0.1) is 0 Å². The number of benzene rings is 2. The van der Waals surface area contributed by atoms with Gasteiger partial charge < -0.3 is 14.6 Å². The van der Waals surface area contributed by atoms with E-state index in [0.717, 1.165) is 18.9 Å². The van der Waals surface area contributed by atoms with Gasteiger partial charge in [0, 0.05) is 0 Å². The van der Waals surface area contributed by atoms with Gasteiger partial charge in [-0.2, -0.15) is 0 Å². The third-order valence-corrected chi connectivity index (χ3v) is 4.70. The van der Waals surface area contributed by atoms with Crippen molar-refractivity contribution in [2.45, 2.75) is 19.3 Å². The van der Waals surface area contributed by atoms with Crippen molar-refractivity contribution >= 4 is 52.7 Å². The fourth-order valence-electron chi connectivity index (χ4n) is 2.31. The van der Waals surface area contributed by atoms with Crippen molar-refractivity contribution in [3.8, 4) is 5.75 Å². The quantitative estimate of drug-likeness (QED) is 0.216. The summed E-state index contributed by atoms with van der Waals surface area (Å²) in [6.07, 6.45) is 2.18. The SMILES string of the molecule is O=C(O)C(=O)Oc1c(Cl)cc(Cl)c(Cl)c1C(=O)OCCCCc1ccccc1. The van der Waals surface area contributed by atoms with E-state index < -0.39 is 29.2 Å². The second-order valence-corrected chi connectivity index (χ2v) is 6.82. The highest BCUT2D eigenvalue weighted by Gasteiger charge is 2.27. The minimum Gasteiger partial charge on any atom is -0.473 e. The summed E-state index contributed by atoms with van der Waals surface area (Å²) in [5.74, 6) is -4.93. The number of carbonyl (C=O) groups is 3. The zero-order chi connectivity index (χ0) is 20.7. The van der Waals surface area contributed by atoms with E-state index in [1.54, 1.807) is 0 Å².